The minimum Gasteiger partial charge on any atom is -0.219 e. The van der Waals surface area contributed by atoms with Gasteiger partial charge in [0.2, 0.25) is 0 Å². The number of rotatable bonds is 3. The van der Waals surface area contributed by atoms with E-state index >= 15 is 0 Å². The van der Waals surface area contributed by atoms with Crippen molar-refractivity contribution in [3.63, 3.8) is 0 Å². The van der Waals surface area contributed by atoms with Crippen molar-refractivity contribution < 1.29 is 20.2 Å². The Labute approximate surface area is 35.0 Å². The molecule has 0 spiro atoms. The molecule has 0 bridgehead atoms. The molecule has 0 fully saturated rings. The zero-order valence-corrected chi connectivity index (χ0v) is 3.38. The third-order valence-corrected chi connectivity index (χ3v) is 0.196. The zero-order valence-electron chi connectivity index (χ0n) is 3.38. The maximum Gasteiger partial charge on any atom is 0.0826 e. The van der Waals surface area contributed by atoms with Crippen LogP contribution in [0.5, 0.6) is 0 Å². The molecule has 0 saturated carbocycles. The van der Waals surface area contributed by atoms with Crippen molar-refractivity contribution in [3.05, 3.63) is 0 Å². The lowest BCUT2D eigenvalue weighted by Gasteiger charge is -1.88. The molecule has 0 radical (unpaired) electrons. The van der Waals surface area contributed by atoms with Crippen LogP contribution < -0.4 is 0 Å². The molecule has 0 aliphatic rings. The van der Waals surface area contributed by atoms with Gasteiger partial charge >= 0.3 is 0 Å². The van der Waals surface area contributed by atoms with Crippen LogP contribution in [0.4, 0.5) is 0 Å². The first kappa shape index (κ1) is 5.84. The normalized spacial score (nSPS) is 9.00. The smallest absolute Gasteiger partial charge is 0.0826 e. The fourth-order valence-corrected chi connectivity index (χ4v) is 0.0696. The van der Waals surface area contributed by atoms with Crippen LogP contribution in [0, 0.1) is 0 Å². The summed E-state index contributed by atoms with van der Waals surface area (Å²) in [6, 6.07) is 0. The second-order valence-corrected chi connectivity index (χ2v) is 0.549. The third kappa shape index (κ3) is 3.84. The molecule has 0 amide bonds. The lowest BCUT2D eigenvalue weighted by atomic mass is 10.9. The van der Waals surface area contributed by atoms with Gasteiger partial charge in [-0.15, -0.1) is 0 Å². The Bertz CT molecular complexity index is 17.5. The average Bonchev–Trinajstić information content (AvgIpc) is 1.61. The summed E-state index contributed by atoms with van der Waals surface area (Å²) >= 11 is 0. The minimum atomic E-state index is 0.348. The van der Waals surface area contributed by atoms with Gasteiger partial charge in [0.05, 0.1) is 6.61 Å². The maximum atomic E-state index is 7.35. The molecule has 0 saturated heterocycles. The van der Waals surface area contributed by atoms with Crippen LogP contribution in [-0.2, 0) is 15.0 Å². The first-order chi connectivity index (χ1) is 2.91. The molecular weight excluding hydrogens is 88.0 g/mol. The minimum absolute atomic E-state index is 0.348. The van der Waals surface area contributed by atoms with E-state index in [1.54, 1.807) is 6.92 Å². The van der Waals surface area contributed by atoms with Crippen LogP contribution >= 0.6 is 0 Å². The van der Waals surface area contributed by atoms with Crippen LogP contribution in [-0.4, -0.2) is 11.9 Å². The summed E-state index contributed by atoms with van der Waals surface area (Å²) in [6.45, 7) is 2.04. The van der Waals surface area contributed by atoms with E-state index in [-0.39, 0.29) is 0 Å². The number of hydrogen-bond donors (Lipinski definition) is 1. The first-order valence-corrected chi connectivity index (χ1v) is 1.51. The van der Waals surface area contributed by atoms with E-state index in [1.165, 1.54) is 0 Å². The van der Waals surface area contributed by atoms with Crippen molar-refractivity contribution in [1.29, 1.82) is 0 Å². The van der Waals surface area contributed by atoms with Crippen LogP contribution in [0.1, 0.15) is 6.92 Å². The van der Waals surface area contributed by atoms with Gasteiger partial charge in [-0.05, 0) is 17.0 Å². The fourth-order valence-electron chi connectivity index (χ4n) is 0.0696. The quantitative estimate of drug-likeness (QED) is 0.311. The van der Waals surface area contributed by atoms with Gasteiger partial charge in [-0.1, -0.05) is 0 Å². The highest BCUT2D eigenvalue weighted by atomic mass is 17.6. The molecule has 0 aliphatic carbocycles. The fraction of sp³-hybridized carbons (Fsp3) is 1.00. The highest BCUT2D eigenvalue weighted by Gasteiger charge is 1.74. The average molecular weight is 94.1 g/mol. The van der Waals surface area contributed by atoms with Gasteiger partial charge in [-0.25, -0.2) is 10.1 Å². The topological polar surface area (TPSA) is 47.9 Å². The Morgan fingerprint density at radius 3 is 2.50 bits per heavy atom. The van der Waals surface area contributed by atoms with Crippen LogP contribution in [0.15, 0.2) is 0 Å². The van der Waals surface area contributed by atoms with Gasteiger partial charge in [0.15, 0.2) is 0 Å². The molecular formula is C2H6O4. The molecule has 0 heterocycles. The number of hydrogen-bond acceptors (Lipinski definition) is 4. The Morgan fingerprint density at radius 2 is 2.33 bits per heavy atom. The summed E-state index contributed by atoms with van der Waals surface area (Å²) in [7, 11) is 0. The first-order valence-electron chi connectivity index (χ1n) is 1.51. The molecule has 4 nitrogen and oxygen atoms in total. The van der Waals surface area contributed by atoms with E-state index in [1.807, 2.05) is 0 Å². The Kier molecular flexibility index (Phi) is 4.71. The van der Waals surface area contributed by atoms with Crippen molar-refractivity contribution in [2.24, 2.45) is 0 Å². The summed E-state index contributed by atoms with van der Waals surface area (Å²) < 4.78 is 0. The van der Waals surface area contributed by atoms with Gasteiger partial charge in [0, 0.05) is 0 Å². The van der Waals surface area contributed by atoms with E-state index in [0.717, 1.165) is 0 Å². The van der Waals surface area contributed by atoms with Crippen molar-refractivity contribution in [1.82, 2.24) is 0 Å². The molecule has 0 atom stereocenters. The van der Waals surface area contributed by atoms with Crippen molar-refractivity contribution in [3.8, 4) is 0 Å². The Morgan fingerprint density at radius 1 is 1.67 bits per heavy atom. The predicted octanol–water partition coefficient (Wildman–Crippen LogP) is 0.359. The summed E-state index contributed by atoms with van der Waals surface area (Å²) in [4.78, 5) is 4.01. The van der Waals surface area contributed by atoms with Gasteiger partial charge in [-0.2, -0.15) is 0 Å². The van der Waals surface area contributed by atoms with Crippen molar-refractivity contribution >= 4 is 0 Å². The van der Waals surface area contributed by atoms with Crippen LogP contribution in [0.25, 0.3) is 0 Å². The summed E-state index contributed by atoms with van der Waals surface area (Å²) in [5.74, 6) is 0. The monoisotopic (exact) mass is 94.0 g/mol. The summed E-state index contributed by atoms with van der Waals surface area (Å²) in [5.41, 5.74) is 0. The van der Waals surface area contributed by atoms with E-state index in [2.05, 4.69) is 15.0 Å². The van der Waals surface area contributed by atoms with E-state index in [0.29, 0.717) is 6.61 Å². The molecule has 4 heteroatoms. The molecule has 0 unspecified atom stereocenters. The second kappa shape index (κ2) is 4.84. The van der Waals surface area contributed by atoms with Gasteiger partial charge in [-0.3, -0.25) is 0 Å². The van der Waals surface area contributed by atoms with E-state index < -0.39 is 0 Å². The highest BCUT2D eigenvalue weighted by Crippen LogP contribution is 1.72. The molecule has 6 heavy (non-hydrogen) atoms. The summed E-state index contributed by atoms with van der Waals surface area (Å²) in [6.07, 6.45) is 0. The lowest BCUT2D eigenvalue weighted by molar-refractivity contribution is -0.622. The van der Waals surface area contributed by atoms with Gasteiger partial charge in [0.1, 0.15) is 0 Å². The SMILES string of the molecule is CCOOOO. The lowest BCUT2D eigenvalue weighted by Crippen LogP contribution is -1.90. The third-order valence-electron chi connectivity index (χ3n) is 0.196. The Balaban J connectivity index is 2.34. The van der Waals surface area contributed by atoms with E-state index in [4.69, 9.17) is 5.26 Å². The van der Waals surface area contributed by atoms with Crippen molar-refractivity contribution in [2.45, 2.75) is 6.92 Å². The molecule has 0 aromatic heterocycles. The molecule has 0 aromatic rings. The van der Waals surface area contributed by atoms with Gasteiger partial charge in [0.25, 0.3) is 0 Å². The summed E-state index contributed by atoms with van der Waals surface area (Å²) in [5, 5.41) is 13.9. The molecule has 0 aromatic carbocycles. The molecule has 0 aliphatic heterocycles. The molecule has 0 rings (SSSR count). The van der Waals surface area contributed by atoms with Crippen LogP contribution in [0.2, 0.25) is 0 Å². The molecule has 1 N–H and O–H groups in total. The Hall–Kier alpha value is -0.160. The molecule has 38 valence electrons. The zero-order chi connectivity index (χ0) is 4.83. The van der Waals surface area contributed by atoms with Crippen molar-refractivity contribution in [2.75, 3.05) is 6.61 Å². The largest absolute Gasteiger partial charge is 0.219 e. The maximum absolute atomic E-state index is 7.35. The standard InChI is InChI=1S/C2H6O4/c1-2-4-6-5-3/h3H,2H2,1H3. The van der Waals surface area contributed by atoms with E-state index in [9.17, 15) is 0 Å². The van der Waals surface area contributed by atoms with Gasteiger partial charge < -0.3 is 0 Å². The van der Waals surface area contributed by atoms with Crippen LogP contribution in [0.3, 0.4) is 0 Å². The second-order valence-electron chi connectivity index (χ2n) is 0.549. The predicted molar refractivity (Wildman–Crippen MR) is 16.4 cm³/mol. The highest BCUT2D eigenvalue weighted by molar-refractivity contribution is 3.89.